The first-order valence-corrected chi connectivity index (χ1v) is 7.72. The Kier molecular flexibility index (Phi) is 3.88. The number of anilines is 1. The monoisotopic (exact) mass is 295 g/mol. The van der Waals surface area contributed by atoms with Crippen LogP contribution in [0.25, 0.3) is 0 Å². The predicted octanol–water partition coefficient (Wildman–Crippen LogP) is 3.98. The first-order chi connectivity index (χ1) is 10.6. The van der Waals surface area contributed by atoms with Gasteiger partial charge in [-0.25, -0.2) is 0 Å². The first-order valence-electron chi connectivity index (χ1n) is 7.72. The second-order valence-corrected chi connectivity index (χ2v) is 5.87. The maximum Gasteiger partial charge on any atom is 0.232 e. The summed E-state index contributed by atoms with van der Waals surface area (Å²) >= 11 is 0. The number of hydrogen-bond donors (Lipinski definition) is 1. The third kappa shape index (κ3) is 2.71. The summed E-state index contributed by atoms with van der Waals surface area (Å²) in [6.07, 6.45) is 0.716. The Morgan fingerprint density at radius 2 is 1.86 bits per heavy atom. The fourth-order valence-corrected chi connectivity index (χ4v) is 3.12. The Morgan fingerprint density at radius 1 is 1.14 bits per heavy atom. The van der Waals surface area contributed by atoms with E-state index in [0.29, 0.717) is 13.0 Å². The van der Waals surface area contributed by atoms with Crippen LogP contribution in [-0.4, -0.2) is 12.5 Å². The summed E-state index contributed by atoms with van der Waals surface area (Å²) in [7, 11) is 0. The molecule has 114 valence electrons. The molecule has 0 radical (unpaired) electrons. The molecule has 0 aromatic heterocycles. The highest BCUT2D eigenvalue weighted by molar-refractivity contribution is 6.04. The molecule has 3 rings (SSSR count). The highest BCUT2D eigenvalue weighted by atomic mass is 16.5. The molecular formula is C19H21NO2. The molecule has 2 aromatic rings. The molecular weight excluding hydrogens is 274 g/mol. The molecule has 0 fully saturated rings. The molecule has 1 atom stereocenters. The van der Waals surface area contributed by atoms with Crippen molar-refractivity contribution in [2.75, 3.05) is 11.9 Å². The fourth-order valence-electron chi connectivity index (χ4n) is 3.12. The molecule has 0 bridgehead atoms. The number of aryl methyl sites for hydroxylation is 2. The minimum absolute atomic E-state index is 0.0950. The molecule has 0 unspecified atom stereocenters. The predicted molar refractivity (Wildman–Crippen MR) is 88.6 cm³/mol. The number of carbonyl (C=O) groups excluding carboxylic acids is 1. The van der Waals surface area contributed by atoms with Crippen LogP contribution in [0.1, 0.15) is 35.1 Å². The van der Waals surface area contributed by atoms with Gasteiger partial charge in [0.25, 0.3) is 0 Å². The molecule has 22 heavy (non-hydrogen) atoms. The van der Waals surface area contributed by atoms with Crippen molar-refractivity contribution < 1.29 is 9.53 Å². The van der Waals surface area contributed by atoms with Gasteiger partial charge in [-0.1, -0.05) is 29.8 Å². The Bertz CT molecular complexity index is 704. The van der Waals surface area contributed by atoms with Gasteiger partial charge >= 0.3 is 0 Å². The van der Waals surface area contributed by atoms with Crippen molar-refractivity contribution in [2.24, 2.45) is 0 Å². The summed E-state index contributed by atoms with van der Waals surface area (Å²) in [5, 5.41) is 3.03. The molecule has 0 saturated heterocycles. The zero-order valence-electron chi connectivity index (χ0n) is 13.3. The second-order valence-electron chi connectivity index (χ2n) is 5.87. The van der Waals surface area contributed by atoms with E-state index in [2.05, 4.69) is 24.4 Å². The number of fused-ring (bicyclic) bond motifs is 1. The summed E-state index contributed by atoms with van der Waals surface area (Å²) in [5.41, 5.74) is 5.60. The number of nitrogens with one attached hydrogen (secondary N) is 1. The molecule has 1 heterocycles. The standard InChI is InChI=1S/C19H21NO2/c1-4-22-15-7-5-14(6-8-15)11-17-16-10-12(2)9-13(3)18(16)20-19(17)21/h5-10,17H,4,11H2,1-3H3,(H,20,21)/t17-/m0/s1. The van der Waals surface area contributed by atoms with Crippen LogP contribution in [0, 0.1) is 13.8 Å². The van der Waals surface area contributed by atoms with Crippen LogP contribution in [0.5, 0.6) is 5.75 Å². The van der Waals surface area contributed by atoms with Gasteiger partial charge in [0.2, 0.25) is 5.91 Å². The number of rotatable bonds is 4. The SMILES string of the molecule is CCOc1ccc(C[C@@H]2C(=O)Nc3c(C)cc(C)cc32)cc1. The number of carbonyl (C=O) groups is 1. The molecule has 0 spiro atoms. The van der Waals surface area contributed by atoms with Crippen LogP contribution >= 0.6 is 0 Å². The fraction of sp³-hybridized carbons (Fsp3) is 0.316. The van der Waals surface area contributed by atoms with Crippen LogP contribution in [0.3, 0.4) is 0 Å². The van der Waals surface area contributed by atoms with Crippen LogP contribution in [0.4, 0.5) is 5.69 Å². The van der Waals surface area contributed by atoms with E-state index in [4.69, 9.17) is 4.74 Å². The summed E-state index contributed by atoms with van der Waals surface area (Å²) in [6.45, 7) is 6.75. The van der Waals surface area contributed by atoms with Gasteiger partial charge in [-0.05, 0) is 56.0 Å². The third-order valence-electron chi connectivity index (χ3n) is 4.12. The maximum absolute atomic E-state index is 12.3. The van der Waals surface area contributed by atoms with E-state index in [9.17, 15) is 4.79 Å². The Morgan fingerprint density at radius 3 is 2.55 bits per heavy atom. The van der Waals surface area contributed by atoms with E-state index in [-0.39, 0.29) is 11.8 Å². The minimum atomic E-state index is -0.105. The smallest absolute Gasteiger partial charge is 0.232 e. The molecule has 3 heteroatoms. The largest absolute Gasteiger partial charge is 0.494 e. The van der Waals surface area contributed by atoms with Gasteiger partial charge in [0, 0.05) is 5.69 Å². The highest BCUT2D eigenvalue weighted by Crippen LogP contribution is 2.37. The summed E-state index contributed by atoms with van der Waals surface area (Å²) in [5.74, 6) is 0.860. The van der Waals surface area contributed by atoms with E-state index in [0.717, 1.165) is 28.1 Å². The van der Waals surface area contributed by atoms with E-state index in [1.54, 1.807) is 0 Å². The maximum atomic E-state index is 12.3. The van der Waals surface area contributed by atoms with Crippen LogP contribution in [0.15, 0.2) is 36.4 Å². The molecule has 0 saturated carbocycles. The number of benzene rings is 2. The molecule has 1 N–H and O–H groups in total. The van der Waals surface area contributed by atoms with Crippen molar-refractivity contribution >= 4 is 11.6 Å². The number of amides is 1. The zero-order chi connectivity index (χ0) is 15.7. The van der Waals surface area contributed by atoms with Gasteiger partial charge in [0.15, 0.2) is 0 Å². The Hall–Kier alpha value is -2.29. The number of hydrogen-bond acceptors (Lipinski definition) is 2. The van der Waals surface area contributed by atoms with Crippen molar-refractivity contribution in [1.82, 2.24) is 0 Å². The van der Waals surface area contributed by atoms with Gasteiger partial charge in [0.1, 0.15) is 5.75 Å². The molecule has 0 aliphatic carbocycles. The van der Waals surface area contributed by atoms with Crippen LogP contribution in [-0.2, 0) is 11.2 Å². The zero-order valence-corrected chi connectivity index (χ0v) is 13.3. The van der Waals surface area contributed by atoms with Crippen molar-refractivity contribution in [1.29, 1.82) is 0 Å². The molecule has 1 amide bonds. The molecule has 1 aliphatic rings. The van der Waals surface area contributed by atoms with E-state index in [1.807, 2.05) is 38.1 Å². The van der Waals surface area contributed by atoms with Crippen LogP contribution in [0.2, 0.25) is 0 Å². The molecule has 3 nitrogen and oxygen atoms in total. The second kappa shape index (κ2) is 5.84. The summed E-state index contributed by atoms with van der Waals surface area (Å²) in [4.78, 5) is 12.3. The van der Waals surface area contributed by atoms with Crippen LogP contribution < -0.4 is 10.1 Å². The quantitative estimate of drug-likeness (QED) is 0.926. The lowest BCUT2D eigenvalue weighted by Gasteiger charge is -2.11. The Labute approximate surface area is 131 Å². The highest BCUT2D eigenvalue weighted by Gasteiger charge is 2.31. The first kappa shape index (κ1) is 14.6. The van der Waals surface area contributed by atoms with E-state index in [1.165, 1.54) is 5.56 Å². The number of ether oxygens (including phenoxy) is 1. The van der Waals surface area contributed by atoms with Crippen molar-refractivity contribution in [2.45, 2.75) is 33.1 Å². The van der Waals surface area contributed by atoms with Gasteiger partial charge in [-0.2, -0.15) is 0 Å². The van der Waals surface area contributed by atoms with E-state index < -0.39 is 0 Å². The normalized spacial score (nSPS) is 16.3. The van der Waals surface area contributed by atoms with Gasteiger partial charge < -0.3 is 10.1 Å². The van der Waals surface area contributed by atoms with E-state index >= 15 is 0 Å². The third-order valence-corrected chi connectivity index (χ3v) is 4.12. The lowest BCUT2D eigenvalue weighted by atomic mass is 9.91. The Balaban J connectivity index is 1.86. The van der Waals surface area contributed by atoms with Crippen molar-refractivity contribution in [3.05, 3.63) is 58.7 Å². The van der Waals surface area contributed by atoms with Gasteiger partial charge in [-0.15, -0.1) is 0 Å². The summed E-state index contributed by atoms with van der Waals surface area (Å²) in [6, 6.07) is 12.2. The summed E-state index contributed by atoms with van der Waals surface area (Å²) < 4.78 is 5.46. The topological polar surface area (TPSA) is 38.3 Å². The lowest BCUT2D eigenvalue weighted by molar-refractivity contribution is -0.117. The van der Waals surface area contributed by atoms with Gasteiger partial charge in [-0.3, -0.25) is 4.79 Å². The molecule has 1 aliphatic heterocycles. The van der Waals surface area contributed by atoms with Crippen molar-refractivity contribution in [3.8, 4) is 5.75 Å². The van der Waals surface area contributed by atoms with Gasteiger partial charge in [0.05, 0.1) is 12.5 Å². The average molecular weight is 295 g/mol. The van der Waals surface area contributed by atoms with Crippen molar-refractivity contribution in [3.63, 3.8) is 0 Å². The lowest BCUT2D eigenvalue weighted by Crippen LogP contribution is -2.14. The average Bonchev–Trinajstić information content (AvgIpc) is 2.79. The minimum Gasteiger partial charge on any atom is -0.494 e. The molecule has 2 aromatic carbocycles.